The first-order valence-electron chi connectivity index (χ1n) is 9.49. The molecular weight excluding hydrogens is 382 g/mol. The predicted molar refractivity (Wildman–Crippen MR) is 105 cm³/mol. The van der Waals surface area contributed by atoms with Crippen LogP contribution in [-0.4, -0.2) is 52.6 Å². The summed E-state index contributed by atoms with van der Waals surface area (Å²) in [4.78, 5) is 25.5. The number of piperidine rings is 1. The minimum Gasteiger partial charge on any atom is -0.469 e. The topological polar surface area (TPSA) is 106 Å². The van der Waals surface area contributed by atoms with Gasteiger partial charge in [-0.25, -0.2) is 13.1 Å². The van der Waals surface area contributed by atoms with Crippen LogP contribution in [0.2, 0.25) is 0 Å². The van der Waals surface area contributed by atoms with Crippen molar-refractivity contribution in [2.24, 2.45) is 5.92 Å². The third-order valence-corrected chi connectivity index (χ3v) is 6.67. The van der Waals surface area contributed by atoms with E-state index in [-0.39, 0.29) is 34.8 Å². The molecule has 9 heteroatoms. The number of carbonyl (C=O) groups is 2. The Balaban J connectivity index is 1.93. The van der Waals surface area contributed by atoms with Gasteiger partial charge in [-0.3, -0.25) is 9.59 Å². The van der Waals surface area contributed by atoms with E-state index < -0.39 is 10.0 Å². The zero-order valence-electron chi connectivity index (χ0n) is 16.8. The summed E-state index contributed by atoms with van der Waals surface area (Å²) in [5.74, 6) is -0.404. The van der Waals surface area contributed by atoms with Gasteiger partial charge in [-0.05, 0) is 45.0 Å². The smallest absolute Gasteiger partial charge is 0.309 e. The van der Waals surface area contributed by atoms with Crippen LogP contribution >= 0.6 is 0 Å². The van der Waals surface area contributed by atoms with E-state index in [2.05, 4.69) is 10.0 Å². The van der Waals surface area contributed by atoms with Gasteiger partial charge in [0, 0.05) is 24.6 Å². The molecule has 1 heterocycles. The number of rotatable bonds is 7. The minimum atomic E-state index is -3.56. The van der Waals surface area contributed by atoms with E-state index in [1.807, 2.05) is 6.92 Å². The molecular formula is C19H30N3O5S+. The lowest BCUT2D eigenvalue weighted by Gasteiger charge is -2.31. The number of benzene rings is 1. The number of hydrogen-bond acceptors (Lipinski definition) is 5. The van der Waals surface area contributed by atoms with E-state index >= 15 is 0 Å². The lowest BCUT2D eigenvalue weighted by molar-refractivity contribution is -0.919. The summed E-state index contributed by atoms with van der Waals surface area (Å²) >= 11 is 0. The number of quaternary nitrogens is 1. The number of carbonyl (C=O) groups excluding carboxylic acids is 2. The van der Waals surface area contributed by atoms with E-state index in [1.165, 1.54) is 19.2 Å². The van der Waals surface area contributed by atoms with Gasteiger partial charge in [0.2, 0.25) is 10.0 Å². The van der Waals surface area contributed by atoms with Crippen molar-refractivity contribution in [2.45, 2.75) is 50.6 Å². The van der Waals surface area contributed by atoms with Crippen molar-refractivity contribution in [1.82, 2.24) is 4.72 Å². The molecule has 0 bridgehead atoms. The molecule has 28 heavy (non-hydrogen) atoms. The van der Waals surface area contributed by atoms with Crippen molar-refractivity contribution < 1.29 is 27.6 Å². The van der Waals surface area contributed by atoms with E-state index in [9.17, 15) is 18.0 Å². The Labute approximate surface area is 166 Å². The van der Waals surface area contributed by atoms with Crippen molar-refractivity contribution in [1.29, 1.82) is 0 Å². The Morgan fingerprint density at radius 2 is 1.68 bits per heavy atom. The molecule has 0 unspecified atom stereocenters. The molecule has 1 amide bonds. The van der Waals surface area contributed by atoms with Crippen molar-refractivity contribution >= 4 is 27.6 Å². The quantitative estimate of drug-likeness (QED) is 0.554. The summed E-state index contributed by atoms with van der Waals surface area (Å²) in [7, 11) is -2.16. The van der Waals surface area contributed by atoms with Crippen molar-refractivity contribution in [3.63, 3.8) is 0 Å². The van der Waals surface area contributed by atoms with Gasteiger partial charge in [0.05, 0.1) is 31.0 Å². The highest BCUT2D eigenvalue weighted by atomic mass is 32.2. The second-order valence-corrected chi connectivity index (χ2v) is 9.18. The summed E-state index contributed by atoms with van der Waals surface area (Å²) < 4.78 is 31.6. The van der Waals surface area contributed by atoms with Gasteiger partial charge in [0.1, 0.15) is 0 Å². The Morgan fingerprint density at radius 1 is 1.11 bits per heavy atom. The van der Waals surface area contributed by atoms with Crippen LogP contribution in [0.3, 0.4) is 0 Å². The average molecular weight is 413 g/mol. The molecule has 1 aromatic rings. The molecule has 2 rings (SSSR count). The molecule has 0 radical (unpaired) electrons. The molecule has 1 saturated heterocycles. The van der Waals surface area contributed by atoms with Crippen LogP contribution in [0.5, 0.6) is 0 Å². The van der Waals surface area contributed by atoms with Gasteiger partial charge in [0.25, 0.3) is 5.91 Å². The fraction of sp³-hybridized carbons (Fsp3) is 0.579. The Morgan fingerprint density at radius 3 is 2.18 bits per heavy atom. The van der Waals surface area contributed by atoms with Crippen molar-refractivity contribution in [3.05, 3.63) is 24.3 Å². The number of methoxy groups -OCH3 is 1. The molecule has 1 aliphatic rings. The summed E-state index contributed by atoms with van der Waals surface area (Å²) in [5, 5.41) is 2.84. The molecule has 1 atom stereocenters. The van der Waals surface area contributed by atoms with Crippen molar-refractivity contribution in [3.8, 4) is 0 Å². The molecule has 8 nitrogen and oxygen atoms in total. The molecule has 1 aromatic carbocycles. The maximum Gasteiger partial charge on any atom is 0.309 e. The number of esters is 1. The molecule has 1 aliphatic heterocycles. The highest BCUT2D eigenvalue weighted by molar-refractivity contribution is 7.89. The van der Waals surface area contributed by atoms with Crippen molar-refractivity contribution in [2.75, 3.05) is 25.5 Å². The largest absolute Gasteiger partial charge is 0.469 e. The van der Waals surface area contributed by atoms with Crippen LogP contribution in [0.15, 0.2) is 29.2 Å². The zero-order valence-corrected chi connectivity index (χ0v) is 17.6. The number of anilines is 1. The number of ether oxygens (including phenoxy) is 1. The highest BCUT2D eigenvalue weighted by Gasteiger charge is 2.33. The lowest BCUT2D eigenvalue weighted by Crippen LogP contribution is -3.17. The van der Waals surface area contributed by atoms with Gasteiger partial charge in [-0.1, -0.05) is 0 Å². The lowest BCUT2D eigenvalue weighted by atomic mass is 9.96. The molecule has 0 spiro atoms. The highest BCUT2D eigenvalue weighted by Crippen LogP contribution is 2.15. The molecule has 0 saturated carbocycles. The number of nitrogens with one attached hydrogen (secondary N) is 3. The monoisotopic (exact) mass is 412 g/mol. The van der Waals surface area contributed by atoms with Gasteiger partial charge in [-0.15, -0.1) is 0 Å². The van der Waals surface area contributed by atoms with E-state index in [0.29, 0.717) is 18.5 Å². The van der Waals surface area contributed by atoms with Gasteiger partial charge in [0.15, 0.2) is 6.04 Å². The van der Waals surface area contributed by atoms with Crippen LogP contribution in [0.4, 0.5) is 5.69 Å². The van der Waals surface area contributed by atoms with Crippen LogP contribution in [0.25, 0.3) is 0 Å². The van der Waals surface area contributed by atoms with Crippen LogP contribution < -0.4 is 14.9 Å². The molecule has 0 aliphatic carbocycles. The van der Waals surface area contributed by atoms with Gasteiger partial charge in [-0.2, -0.15) is 0 Å². The van der Waals surface area contributed by atoms with E-state index in [0.717, 1.165) is 18.0 Å². The third-order valence-electron chi connectivity index (χ3n) is 4.99. The first-order chi connectivity index (χ1) is 13.1. The standard InChI is InChI=1S/C19H29N3O5S/c1-13(2)21-28(25,26)17-7-5-16(6-8-17)20-18(23)14(3)22-11-9-15(10-12-22)19(24)27-4/h5-8,13-15,21H,9-12H2,1-4H3,(H,20,23)/p+1/t14-/m0/s1. The predicted octanol–water partition coefficient (Wildman–Crippen LogP) is 0.168. The molecule has 0 aromatic heterocycles. The summed E-state index contributed by atoms with van der Waals surface area (Å²) in [6.45, 7) is 6.82. The summed E-state index contributed by atoms with van der Waals surface area (Å²) in [6, 6.07) is 5.64. The SMILES string of the molecule is COC(=O)C1CC[NH+]([C@@H](C)C(=O)Nc2ccc(S(=O)(=O)NC(C)C)cc2)CC1. The summed E-state index contributed by atoms with van der Waals surface area (Å²) in [5.41, 5.74) is 0.546. The Kier molecular flexibility index (Phi) is 7.56. The molecule has 156 valence electrons. The number of hydrogen-bond donors (Lipinski definition) is 3. The number of likely N-dealkylation sites (tertiary alicyclic amines) is 1. The fourth-order valence-electron chi connectivity index (χ4n) is 3.36. The number of sulfonamides is 1. The summed E-state index contributed by atoms with van der Waals surface area (Å²) in [6.07, 6.45) is 1.41. The molecule has 3 N–H and O–H groups in total. The molecule has 1 fully saturated rings. The van der Waals surface area contributed by atoms with Gasteiger partial charge >= 0.3 is 5.97 Å². The first-order valence-corrected chi connectivity index (χ1v) is 11.0. The Bertz CT molecular complexity index is 784. The fourth-order valence-corrected chi connectivity index (χ4v) is 4.61. The third kappa shape index (κ3) is 5.76. The number of amides is 1. The first kappa shape index (κ1) is 22.3. The zero-order chi connectivity index (χ0) is 20.9. The van der Waals surface area contributed by atoms with Crippen LogP contribution in [0.1, 0.15) is 33.6 Å². The maximum absolute atomic E-state index is 12.6. The van der Waals surface area contributed by atoms with Crippen LogP contribution in [0, 0.1) is 5.92 Å². The second kappa shape index (κ2) is 9.49. The van der Waals surface area contributed by atoms with E-state index in [4.69, 9.17) is 4.74 Å². The van der Waals surface area contributed by atoms with Gasteiger partial charge < -0.3 is 15.0 Å². The minimum absolute atomic E-state index is 0.0852. The Hall–Kier alpha value is -1.97. The average Bonchev–Trinajstić information content (AvgIpc) is 2.66. The maximum atomic E-state index is 12.6. The normalized spacial score (nSPS) is 21.2. The van der Waals surface area contributed by atoms with Crippen LogP contribution in [-0.2, 0) is 24.3 Å². The second-order valence-electron chi connectivity index (χ2n) is 7.47. The van der Waals surface area contributed by atoms with E-state index in [1.54, 1.807) is 26.0 Å².